The lowest BCUT2D eigenvalue weighted by molar-refractivity contribution is 0.199. The first-order valence-corrected chi connectivity index (χ1v) is 7.16. The Morgan fingerprint density at radius 2 is 1.88 bits per heavy atom. The number of nitrogens with zero attached hydrogens (tertiary/aromatic N) is 1. The smallest absolute Gasteiger partial charge is 0.0111 e. The van der Waals surface area contributed by atoms with Crippen molar-refractivity contribution in [1.29, 1.82) is 0 Å². The first-order chi connectivity index (χ1) is 7.66. The summed E-state index contributed by atoms with van der Waals surface area (Å²) in [4.78, 5) is 2.73. The fourth-order valence-corrected chi connectivity index (χ4v) is 3.50. The van der Waals surface area contributed by atoms with Crippen LogP contribution in [0.3, 0.4) is 0 Å². The van der Waals surface area contributed by atoms with Gasteiger partial charge in [0.2, 0.25) is 0 Å². The molecule has 0 aromatic heterocycles. The Bertz CT molecular complexity index is 215. The van der Waals surface area contributed by atoms with E-state index in [1.54, 1.807) is 0 Å². The third kappa shape index (κ3) is 2.98. The highest BCUT2D eigenvalue weighted by atomic mass is 15.2. The Morgan fingerprint density at radius 3 is 2.50 bits per heavy atom. The summed E-state index contributed by atoms with van der Waals surface area (Å²) < 4.78 is 0. The van der Waals surface area contributed by atoms with E-state index >= 15 is 0 Å². The predicted octanol–water partition coefficient (Wildman–Crippen LogP) is 2.62. The Labute approximate surface area is 101 Å². The zero-order valence-corrected chi connectivity index (χ0v) is 11.0. The fraction of sp³-hybridized carbons (Fsp3) is 1.00. The van der Waals surface area contributed by atoms with Gasteiger partial charge in [0, 0.05) is 12.1 Å². The minimum absolute atomic E-state index is 0.481. The van der Waals surface area contributed by atoms with E-state index < -0.39 is 0 Å². The molecule has 0 aromatic rings. The van der Waals surface area contributed by atoms with Gasteiger partial charge in [0.15, 0.2) is 0 Å². The van der Waals surface area contributed by atoms with E-state index in [0.717, 1.165) is 17.9 Å². The third-order valence-corrected chi connectivity index (χ3v) is 4.71. The summed E-state index contributed by atoms with van der Waals surface area (Å²) in [5.74, 6) is 1.82. The normalized spacial score (nSPS) is 37.9. The number of hydrogen-bond acceptors (Lipinski definition) is 2. The number of rotatable bonds is 2. The van der Waals surface area contributed by atoms with Crippen molar-refractivity contribution >= 4 is 0 Å². The van der Waals surface area contributed by atoms with Crippen molar-refractivity contribution < 1.29 is 0 Å². The van der Waals surface area contributed by atoms with Gasteiger partial charge in [0.25, 0.3) is 0 Å². The molecule has 1 aliphatic heterocycles. The van der Waals surface area contributed by atoms with Crippen LogP contribution in [0.5, 0.6) is 0 Å². The Hall–Kier alpha value is -0.0800. The van der Waals surface area contributed by atoms with E-state index in [1.165, 1.54) is 51.6 Å². The molecule has 0 radical (unpaired) electrons. The monoisotopic (exact) mass is 224 g/mol. The molecule has 2 fully saturated rings. The zero-order valence-electron chi connectivity index (χ0n) is 11.0. The summed E-state index contributed by atoms with van der Waals surface area (Å²) in [5.41, 5.74) is 6.02. The molecule has 0 aromatic carbocycles. The number of likely N-dealkylation sites (tertiary alicyclic amines) is 1. The Kier molecular flexibility index (Phi) is 4.26. The van der Waals surface area contributed by atoms with Gasteiger partial charge in [-0.2, -0.15) is 0 Å². The standard InChI is InChI=1S/C14H28N2/c1-11(2)12-4-3-8-16(9-7-12)14-6-5-13(15)10-14/h11-14H,3-10,15H2,1-2H3. The fourth-order valence-electron chi connectivity index (χ4n) is 3.50. The molecule has 0 spiro atoms. The van der Waals surface area contributed by atoms with E-state index in [1.807, 2.05) is 0 Å². The number of hydrogen-bond donors (Lipinski definition) is 1. The van der Waals surface area contributed by atoms with Gasteiger partial charge in [0.1, 0.15) is 0 Å². The molecule has 2 nitrogen and oxygen atoms in total. The molecule has 2 N–H and O–H groups in total. The van der Waals surface area contributed by atoms with Crippen LogP contribution in [-0.4, -0.2) is 30.1 Å². The van der Waals surface area contributed by atoms with Crippen LogP contribution in [0.1, 0.15) is 52.4 Å². The minimum Gasteiger partial charge on any atom is -0.328 e. The molecule has 2 aliphatic rings. The second-order valence-corrected chi connectivity index (χ2v) is 6.20. The minimum atomic E-state index is 0.481. The molecule has 1 aliphatic carbocycles. The lowest BCUT2D eigenvalue weighted by Crippen LogP contribution is -2.35. The molecule has 94 valence electrons. The van der Waals surface area contributed by atoms with Crippen LogP contribution in [0.4, 0.5) is 0 Å². The topological polar surface area (TPSA) is 29.3 Å². The van der Waals surface area contributed by atoms with E-state index in [-0.39, 0.29) is 0 Å². The predicted molar refractivity (Wildman–Crippen MR) is 69.4 cm³/mol. The molecular formula is C14H28N2. The summed E-state index contributed by atoms with van der Waals surface area (Å²) in [7, 11) is 0. The van der Waals surface area contributed by atoms with E-state index in [4.69, 9.17) is 5.73 Å². The molecule has 1 heterocycles. The summed E-state index contributed by atoms with van der Waals surface area (Å²) in [5, 5.41) is 0. The van der Waals surface area contributed by atoms with Crippen molar-refractivity contribution in [2.75, 3.05) is 13.1 Å². The highest BCUT2D eigenvalue weighted by molar-refractivity contribution is 4.86. The summed E-state index contributed by atoms with van der Waals surface area (Å²) in [6.07, 6.45) is 8.07. The summed E-state index contributed by atoms with van der Waals surface area (Å²) >= 11 is 0. The van der Waals surface area contributed by atoms with Gasteiger partial charge >= 0.3 is 0 Å². The van der Waals surface area contributed by atoms with Crippen LogP contribution in [0.15, 0.2) is 0 Å². The van der Waals surface area contributed by atoms with Crippen molar-refractivity contribution in [1.82, 2.24) is 4.90 Å². The van der Waals surface area contributed by atoms with Gasteiger partial charge in [-0.1, -0.05) is 13.8 Å². The quantitative estimate of drug-likeness (QED) is 0.781. The summed E-state index contributed by atoms with van der Waals surface area (Å²) in [6.45, 7) is 7.40. The molecule has 0 bridgehead atoms. The molecular weight excluding hydrogens is 196 g/mol. The van der Waals surface area contributed by atoms with Gasteiger partial charge in [-0.05, 0) is 63.5 Å². The van der Waals surface area contributed by atoms with Gasteiger partial charge in [-0.3, -0.25) is 0 Å². The molecule has 3 atom stereocenters. The maximum atomic E-state index is 6.02. The number of nitrogens with two attached hydrogens (primary N) is 1. The molecule has 1 saturated carbocycles. The molecule has 2 rings (SSSR count). The SMILES string of the molecule is CC(C)C1CCCN(C2CCC(N)C2)CC1. The molecule has 3 unspecified atom stereocenters. The van der Waals surface area contributed by atoms with Crippen molar-refractivity contribution in [2.24, 2.45) is 17.6 Å². The van der Waals surface area contributed by atoms with Crippen LogP contribution in [0, 0.1) is 11.8 Å². The zero-order chi connectivity index (χ0) is 11.5. The van der Waals surface area contributed by atoms with Crippen LogP contribution in [-0.2, 0) is 0 Å². The van der Waals surface area contributed by atoms with E-state index in [2.05, 4.69) is 18.7 Å². The Balaban J connectivity index is 1.84. The largest absolute Gasteiger partial charge is 0.328 e. The molecule has 2 heteroatoms. The van der Waals surface area contributed by atoms with Crippen LogP contribution < -0.4 is 5.73 Å². The highest BCUT2D eigenvalue weighted by Crippen LogP contribution is 2.29. The van der Waals surface area contributed by atoms with E-state index in [0.29, 0.717) is 6.04 Å². The average molecular weight is 224 g/mol. The molecule has 16 heavy (non-hydrogen) atoms. The Morgan fingerprint density at radius 1 is 1.06 bits per heavy atom. The van der Waals surface area contributed by atoms with Crippen molar-refractivity contribution in [2.45, 2.75) is 64.5 Å². The van der Waals surface area contributed by atoms with Crippen molar-refractivity contribution in [3.05, 3.63) is 0 Å². The maximum Gasteiger partial charge on any atom is 0.0111 e. The first-order valence-electron chi connectivity index (χ1n) is 7.16. The second kappa shape index (κ2) is 5.50. The van der Waals surface area contributed by atoms with Gasteiger partial charge in [-0.15, -0.1) is 0 Å². The van der Waals surface area contributed by atoms with Gasteiger partial charge in [-0.25, -0.2) is 0 Å². The molecule has 1 saturated heterocycles. The summed E-state index contributed by atoms with van der Waals surface area (Å²) in [6, 6.07) is 1.29. The first kappa shape index (κ1) is 12.4. The van der Waals surface area contributed by atoms with Crippen LogP contribution in [0.25, 0.3) is 0 Å². The van der Waals surface area contributed by atoms with Gasteiger partial charge in [0.05, 0.1) is 0 Å². The van der Waals surface area contributed by atoms with Crippen molar-refractivity contribution in [3.63, 3.8) is 0 Å². The lowest BCUT2D eigenvalue weighted by atomic mass is 9.89. The average Bonchev–Trinajstić information content (AvgIpc) is 2.54. The molecule has 0 amide bonds. The lowest BCUT2D eigenvalue weighted by Gasteiger charge is -2.27. The maximum absolute atomic E-state index is 6.02. The highest BCUT2D eigenvalue weighted by Gasteiger charge is 2.29. The third-order valence-electron chi connectivity index (χ3n) is 4.71. The second-order valence-electron chi connectivity index (χ2n) is 6.20. The van der Waals surface area contributed by atoms with Gasteiger partial charge < -0.3 is 10.6 Å². The van der Waals surface area contributed by atoms with Crippen LogP contribution >= 0.6 is 0 Å². The van der Waals surface area contributed by atoms with Crippen molar-refractivity contribution in [3.8, 4) is 0 Å². The van der Waals surface area contributed by atoms with E-state index in [9.17, 15) is 0 Å². The van der Waals surface area contributed by atoms with Crippen LogP contribution in [0.2, 0.25) is 0 Å².